The highest BCUT2D eigenvalue weighted by atomic mass is 16.3. The van der Waals surface area contributed by atoms with Gasteiger partial charge in [-0.15, -0.1) is 0 Å². The summed E-state index contributed by atoms with van der Waals surface area (Å²) in [6.45, 7) is 19.5. The Morgan fingerprint density at radius 1 is 0.688 bits per heavy atom. The molecule has 0 aromatic heterocycles. The Morgan fingerprint density at radius 2 is 1.38 bits per heavy atom. The zero-order valence-electron chi connectivity index (χ0n) is 22.4. The summed E-state index contributed by atoms with van der Waals surface area (Å²) in [5.41, 5.74) is 1.02. The van der Waals surface area contributed by atoms with Crippen LogP contribution in [0.15, 0.2) is 0 Å². The highest BCUT2D eigenvalue weighted by molar-refractivity contribution is 5.19. The number of rotatable bonds is 1. The fourth-order valence-corrected chi connectivity index (χ4v) is 11.7. The average molecular weight is 445 g/mol. The minimum atomic E-state index is -0.564. The van der Waals surface area contributed by atoms with E-state index in [1.54, 1.807) is 0 Å². The largest absolute Gasteiger partial charge is 0.393 e. The van der Waals surface area contributed by atoms with Gasteiger partial charge < -0.3 is 10.2 Å². The maximum absolute atomic E-state index is 11.2. The lowest BCUT2D eigenvalue weighted by Crippen LogP contribution is -2.66. The molecule has 5 aliphatic carbocycles. The minimum absolute atomic E-state index is 0.0364. The summed E-state index contributed by atoms with van der Waals surface area (Å²) in [5, 5.41) is 22.1. The van der Waals surface area contributed by atoms with E-state index >= 15 is 0 Å². The lowest BCUT2D eigenvalue weighted by atomic mass is 9.32. The molecule has 0 aromatic rings. The number of fused-ring (bicyclic) bond motifs is 7. The van der Waals surface area contributed by atoms with Crippen LogP contribution in [-0.2, 0) is 0 Å². The summed E-state index contributed by atoms with van der Waals surface area (Å²) >= 11 is 0. The van der Waals surface area contributed by atoms with Gasteiger partial charge in [0.25, 0.3) is 0 Å². The van der Waals surface area contributed by atoms with E-state index in [2.05, 4.69) is 55.4 Å². The topological polar surface area (TPSA) is 40.5 Å². The molecule has 2 N–H and O–H groups in total. The summed E-state index contributed by atoms with van der Waals surface area (Å²) in [4.78, 5) is 0. The summed E-state index contributed by atoms with van der Waals surface area (Å²) in [7, 11) is 0. The molecule has 32 heavy (non-hydrogen) atoms. The molecule has 2 heteroatoms. The van der Waals surface area contributed by atoms with Gasteiger partial charge in [-0.1, -0.05) is 41.5 Å². The van der Waals surface area contributed by atoms with Gasteiger partial charge in [-0.05, 0) is 135 Å². The molecule has 4 unspecified atom stereocenters. The Labute approximate surface area is 198 Å². The second-order valence-corrected chi connectivity index (χ2v) is 15.5. The third-order valence-corrected chi connectivity index (χ3v) is 13.7. The monoisotopic (exact) mass is 444 g/mol. The van der Waals surface area contributed by atoms with Gasteiger partial charge in [0.1, 0.15) is 0 Å². The van der Waals surface area contributed by atoms with Crippen LogP contribution in [0.1, 0.15) is 120 Å². The second-order valence-electron chi connectivity index (χ2n) is 15.5. The summed E-state index contributed by atoms with van der Waals surface area (Å²) < 4.78 is 0. The van der Waals surface area contributed by atoms with Crippen molar-refractivity contribution in [3.8, 4) is 0 Å². The Kier molecular flexibility index (Phi) is 5.01. The van der Waals surface area contributed by atoms with Crippen molar-refractivity contribution in [1.82, 2.24) is 0 Å². The second kappa shape index (κ2) is 6.77. The van der Waals surface area contributed by atoms with Gasteiger partial charge in [-0.2, -0.15) is 0 Å². The standard InChI is InChI=1S/C30H52O2/c1-25(2)21-12-16-30(8)22(28(21,6)15-13-23(25)31)10-9-20-24-19(26(3,4)32)11-14-27(24,5)17-18-29(20,30)7/h19-24,31-32H,9-18H2,1-8H3/t19-,20?,21?,22?,23+,24?,27-,28+,29-,30-/m1/s1. The molecular formula is C30H52O2. The Morgan fingerprint density at radius 3 is 2.03 bits per heavy atom. The molecule has 10 atom stereocenters. The molecule has 0 radical (unpaired) electrons. The van der Waals surface area contributed by atoms with E-state index < -0.39 is 5.60 Å². The predicted molar refractivity (Wildman–Crippen MR) is 132 cm³/mol. The molecule has 0 bridgehead atoms. The van der Waals surface area contributed by atoms with E-state index in [4.69, 9.17) is 0 Å². The van der Waals surface area contributed by atoms with Crippen LogP contribution in [-0.4, -0.2) is 21.9 Å². The fraction of sp³-hybridized carbons (Fsp3) is 1.00. The molecular weight excluding hydrogens is 392 g/mol. The van der Waals surface area contributed by atoms with Gasteiger partial charge in [0.05, 0.1) is 11.7 Å². The predicted octanol–water partition coefficient (Wildman–Crippen LogP) is 7.22. The first-order valence-corrected chi connectivity index (χ1v) is 14.0. The number of aliphatic hydroxyl groups excluding tert-OH is 1. The molecule has 5 fully saturated rings. The van der Waals surface area contributed by atoms with Crippen molar-refractivity contribution in [3.05, 3.63) is 0 Å². The molecule has 5 saturated carbocycles. The van der Waals surface area contributed by atoms with Gasteiger partial charge in [0, 0.05) is 0 Å². The van der Waals surface area contributed by atoms with Crippen LogP contribution in [0.25, 0.3) is 0 Å². The van der Waals surface area contributed by atoms with Crippen molar-refractivity contribution in [2.45, 2.75) is 131 Å². The van der Waals surface area contributed by atoms with Crippen molar-refractivity contribution in [2.75, 3.05) is 0 Å². The zero-order valence-corrected chi connectivity index (χ0v) is 22.4. The van der Waals surface area contributed by atoms with Crippen LogP contribution in [0, 0.1) is 56.7 Å². The van der Waals surface area contributed by atoms with Gasteiger partial charge >= 0.3 is 0 Å². The van der Waals surface area contributed by atoms with Crippen LogP contribution in [0.3, 0.4) is 0 Å². The number of hydrogen-bond donors (Lipinski definition) is 2. The van der Waals surface area contributed by atoms with Crippen LogP contribution in [0.2, 0.25) is 0 Å². The van der Waals surface area contributed by atoms with Gasteiger partial charge in [-0.3, -0.25) is 0 Å². The molecule has 2 nitrogen and oxygen atoms in total. The van der Waals surface area contributed by atoms with Gasteiger partial charge in [-0.25, -0.2) is 0 Å². The SMILES string of the molecule is CC(C)(O)[C@@H]1CC[C@]2(C)CC[C@]3(C)C(CCC4[C@@]5(C)CC[C@H](O)C(C)(C)C5CC[C@]43C)C12. The van der Waals surface area contributed by atoms with E-state index in [-0.39, 0.29) is 11.5 Å². The third-order valence-electron chi connectivity index (χ3n) is 13.7. The quantitative estimate of drug-likeness (QED) is 0.448. The molecule has 0 saturated heterocycles. The maximum atomic E-state index is 11.2. The Hall–Kier alpha value is -0.0800. The van der Waals surface area contributed by atoms with E-state index in [0.29, 0.717) is 39.4 Å². The minimum Gasteiger partial charge on any atom is -0.393 e. The Balaban J connectivity index is 1.54. The van der Waals surface area contributed by atoms with Crippen LogP contribution in [0.5, 0.6) is 0 Å². The highest BCUT2D eigenvalue weighted by Crippen LogP contribution is 2.77. The van der Waals surface area contributed by atoms with Crippen molar-refractivity contribution >= 4 is 0 Å². The maximum Gasteiger partial charge on any atom is 0.0622 e. The average Bonchev–Trinajstić information content (AvgIpc) is 3.04. The van der Waals surface area contributed by atoms with Crippen molar-refractivity contribution < 1.29 is 10.2 Å². The fourth-order valence-electron chi connectivity index (χ4n) is 11.7. The zero-order chi connectivity index (χ0) is 23.5. The van der Waals surface area contributed by atoms with Crippen molar-refractivity contribution in [3.63, 3.8) is 0 Å². The molecule has 5 rings (SSSR count). The molecule has 5 aliphatic rings. The van der Waals surface area contributed by atoms with Crippen LogP contribution < -0.4 is 0 Å². The van der Waals surface area contributed by atoms with Crippen molar-refractivity contribution in [2.24, 2.45) is 56.7 Å². The van der Waals surface area contributed by atoms with Gasteiger partial charge in [0.2, 0.25) is 0 Å². The third kappa shape index (κ3) is 2.78. The first kappa shape index (κ1) is 23.7. The van der Waals surface area contributed by atoms with Crippen LogP contribution >= 0.6 is 0 Å². The molecule has 0 aliphatic heterocycles. The summed E-state index contributed by atoms with van der Waals surface area (Å²) in [6.07, 6.45) is 12.6. The molecule has 0 spiro atoms. The van der Waals surface area contributed by atoms with Gasteiger partial charge in [0.15, 0.2) is 0 Å². The molecule has 0 aromatic carbocycles. The summed E-state index contributed by atoms with van der Waals surface area (Å²) in [6, 6.07) is 0. The Bertz CT molecular complexity index is 765. The highest BCUT2D eigenvalue weighted by Gasteiger charge is 2.70. The lowest BCUT2D eigenvalue weighted by Gasteiger charge is -2.73. The first-order chi connectivity index (χ1) is 14.6. The lowest BCUT2D eigenvalue weighted by molar-refractivity contribution is -0.250. The smallest absolute Gasteiger partial charge is 0.0622 e. The number of aliphatic hydroxyl groups is 2. The molecule has 0 amide bonds. The first-order valence-electron chi connectivity index (χ1n) is 14.0. The normalized spacial score (nSPS) is 57.2. The van der Waals surface area contributed by atoms with Crippen LogP contribution in [0.4, 0.5) is 0 Å². The van der Waals surface area contributed by atoms with Crippen molar-refractivity contribution in [1.29, 1.82) is 0 Å². The summed E-state index contributed by atoms with van der Waals surface area (Å²) in [5.74, 6) is 3.29. The van der Waals surface area contributed by atoms with E-state index in [0.717, 1.165) is 18.3 Å². The van der Waals surface area contributed by atoms with E-state index in [1.807, 2.05) is 0 Å². The number of hydrogen-bond acceptors (Lipinski definition) is 2. The van der Waals surface area contributed by atoms with E-state index in [9.17, 15) is 10.2 Å². The van der Waals surface area contributed by atoms with E-state index in [1.165, 1.54) is 57.8 Å². The molecule has 0 heterocycles. The molecule has 184 valence electrons.